The lowest BCUT2D eigenvalue weighted by Crippen LogP contribution is -2.59. The molecule has 4 N–H and O–H groups in total. The number of benzene rings is 1. The van der Waals surface area contributed by atoms with Gasteiger partial charge < -0.3 is 35.8 Å². The minimum atomic E-state index is -0.934. The molecule has 4 aliphatic rings. The van der Waals surface area contributed by atoms with Crippen LogP contribution < -0.4 is 26.4 Å². The molecule has 4 amide bonds. The number of carbonyl (C=O) groups is 5. The number of rotatable bonds is 15. The molecule has 3 atom stereocenters. The number of hydrogen-bond donors (Lipinski definition) is 4. The fraction of sp³-hybridized carbons (Fsp3) is 0.519. The fourth-order valence-electron chi connectivity index (χ4n) is 10.9. The molecule has 1 aromatic carbocycles. The molecule has 75 heavy (non-hydrogen) atoms. The van der Waals surface area contributed by atoms with Crippen LogP contribution in [0.1, 0.15) is 93.0 Å². The molecule has 5 aromatic rings. The van der Waals surface area contributed by atoms with Crippen LogP contribution in [0.4, 0.5) is 17.5 Å². The van der Waals surface area contributed by atoms with E-state index >= 15 is 0 Å². The van der Waals surface area contributed by atoms with Crippen LogP contribution in [-0.4, -0.2) is 169 Å². The molecule has 20 nitrogen and oxygen atoms in total. The van der Waals surface area contributed by atoms with Crippen LogP contribution in [0.2, 0.25) is 0 Å². The number of aromatic nitrogens is 5. The second kappa shape index (κ2) is 22.7. The Bertz CT molecular complexity index is 2970. The molecule has 3 aliphatic heterocycles. The van der Waals surface area contributed by atoms with Crippen molar-refractivity contribution in [2.24, 2.45) is 5.41 Å². The van der Waals surface area contributed by atoms with E-state index in [-0.39, 0.29) is 73.3 Å². The van der Waals surface area contributed by atoms with Crippen molar-refractivity contribution in [2.45, 2.75) is 104 Å². The van der Waals surface area contributed by atoms with Gasteiger partial charge in [0.1, 0.15) is 23.5 Å². The third-order valence-corrected chi connectivity index (χ3v) is 16.1. The summed E-state index contributed by atoms with van der Waals surface area (Å²) in [7, 11) is 0. The van der Waals surface area contributed by atoms with E-state index in [1.807, 2.05) is 79.4 Å². The number of β-amino-alcohol motifs (C(OH)–C–C–N with tert-alkyl or cyclic N) is 1. The van der Waals surface area contributed by atoms with Crippen molar-refractivity contribution < 1.29 is 29.1 Å². The van der Waals surface area contributed by atoms with Gasteiger partial charge in [-0.05, 0) is 67.9 Å². The van der Waals surface area contributed by atoms with Crippen LogP contribution >= 0.6 is 11.3 Å². The SMILES string of the molecule is CC(=O)c1c(C)c2cnc(Nc3ccc(N4CCN(C(=O)CN5CCN(CC(=O)N[C@H](C(=O)N6C[C@H](O)C[C@H]6C(=O)NCc6ccc(-c7scnc7C)cc6)C(C)(C)C)CC5)CC4)cn3)nc2n(C2CCCC2)c1=O. The zero-order valence-electron chi connectivity index (χ0n) is 43.8. The number of pyridine rings is 2. The number of anilines is 3. The molecular formula is C54H69N13O7S. The highest BCUT2D eigenvalue weighted by Crippen LogP contribution is 2.33. The predicted octanol–water partition coefficient (Wildman–Crippen LogP) is 4.06. The van der Waals surface area contributed by atoms with Crippen LogP contribution in [0.15, 0.2) is 59.1 Å². The lowest BCUT2D eigenvalue weighted by Gasteiger charge is -2.39. The molecule has 0 radical (unpaired) electrons. The van der Waals surface area contributed by atoms with Gasteiger partial charge in [0, 0.05) is 89.5 Å². The van der Waals surface area contributed by atoms with E-state index in [0.717, 1.165) is 53.1 Å². The molecule has 1 saturated carbocycles. The number of aliphatic hydroxyl groups excluding tert-OH is 1. The number of nitrogens with one attached hydrogen (secondary N) is 3. The van der Waals surface area contributed by atoms with E-state index in [0.29, 0.717) is 80.7 Å². The summed E-state index contributed by atoms with van der Waals surface area (Å²) in [5.74, 6) is -0.444. The van der Waals surface area contributed by atoms with Crippen molar-refractivity contribution in [3.05, 3.63) is 87.0 Å². The predicted molar refractivity (Wildman–Crippen MR) is 287 cm³/mol. The number of ketones is 1. The van der Waals surface area contributed by atoms with Gasteiger partial charge in [0.05, 0.1) is 52.7 Å². The monoisotopic (exact) mass is 1040 g/mol. The van der Waals surface area contributed by atoms with Gasteiger partial charge in [-0.25, -0.2) is 15.0 Å². The molecule has 4 aromatic heterocycles. The van der Waals surface area contributed by atoms with E-state index in [4.69, 9.17) is 4.98 Å². The van der Waals surface area contributed by atoms with Crippen molar-refractivity contribution >= 4 is 69.2 Å². The molecule has 1 aliphatic carbocycles. The number of aliphatic hydroxyl groups is 1. The van der Waals surface area contributed by atoms with Gasteiger partial charge in [-0.3, -0.25) is 43.1 Å². The van der Waals surface area contributed by atoms with Crippen molar-refractivity contribution in [1.29, 1.82) is 0 Å². The number of thiazole rings is 1. The highest BCUT2D eigenvalue weighted by Gasteiger charge is 2.44. The molecule has 3 saturated heterocycles. The average molecular weight is 1040 g/mol. The molecule has 0 unspecified atom stereocenters. The second-order valence-electron chi connectivity index (χ2n) is 21.5. The largest absolute Gasteiger partial charge is 0.391 e. The molecule has 398 valence electrons. The molecule has 21 heteroatoms. The summed E-state index contributed by atoms with van der Waals surface area (Å²) in [5.41, 5.74) is 5.95. The van der Waals surface area contributed by atoms with Crippen molar-refractivity contribution in [1.82, 2.24) is 54.7 Å². The Morgan fingerprint density at radius 3 is 2.17 bits per heavy atom. The number of carbonyl (C=O) groups excluding carboxylic acids is 5. The highest BCUT2D eigenvalue weighted by molar-refractivity contribution is 7.13. The maximum atomic E-state index is 14.2. The third-order valence-electron chi connectivity index (χ3n) is 15.1. The second-order valence-corrected chi connectivity index (χ2v) is 22.3. The van der Waals surface area contributed by atoms with Gasteiger partial charge in [-0.1, -0.05) is 57.9 Å². The molecule has 0 bridgehead atoms. The van der Waals surface area contributed by atoms with Crippen molar-refractivity contribution in [2.75, 3.05) is 82.2 Å². The van der Waals surface area contributed by atoms with Gasteiger partial charge in [0.25, 0.3) is 5.56 Å². The van der Waals surface area contributed by atoms with Crippen LogP contribution in [-0.2, 0) is 25.7 Å². The molecule has 7 heterocycles. The first-order chi connectivity index (χ1) is 35.9. The lowest BCUT2D eigenvalue weighted by molar-refractivity contribution is -0.144. The Morgan fingerprint density at radius 1 is 0.853 bits per heavy atom. The van der Waals surface area contributed by atoms with Crippen LogP contribution in [0.5, 0.6) is 0 Å². The van der Waals surface area contributed by atoms with Crippen LogP contribution in [0.25, 0.3) is 21.5 Å². The van der Waals surface area contributed by atoms with Crippen LogP contribution in [0.3, 0.4) is 0 Å². The maximum Gasteiger partial charge on any atom is 0.263 e. The number of Topliss-reactive ketones (excluding diaryl/α,β-unsaturated/α-hetero) is 1. The number of hydrogen-bond acceptors (Lipinski definition) is 16. The normalized spacial score (nSPS) is 19.4. The smallest absolute Gasteiger partial charge is 0.263 e. The Kier molecular flexibility index (Phi) is 16.1. The molecular weight excluding hydrogens is 975 g/mol. The first-order valence-electron chi connectivity index (χ1n) is 26.1. The van der Waals surface area contributed by atoms with Gasteiger partial charge in [-0.15, -0.1) is 11.3 Å². The van der Waals surface area contributed by atoms with E-state index in [1.54, 1.807) is 35.2 Å². The average Bonchev–Trinajstić information content (AvgIpc) is 4.18. The Balaban J connectivity index is 0.715. The topological polar surface area (TPSA) is 231 Å². The number of aryl methyl sites for hydroxylation is 2. The van der Waals surface area contributed by atoms with E-state index in [9.17, 15) is 33.9 Å². The molecule has 4 fully saturated rings. The number of piperazine rings is 2. The highest BCUT2D eigenvalue weighted by atomic mass is 32.1. The first-order valence-corrected chi connectivity index (χ1v) is 27.0. The van der Waals surface area contributed by atoms with Gasteiger partial charge in [0.15, 0.2) is 5.78 Å². The number of fused-ring (bicyclic) bond motifs is 1. The fourth-order valence-corrected chi connectivity index (χ4v) is 11.7. The Labute approximate surface area is 440 Å². The van der Waals surface area contributed by atoms with Gasteiger partial charge >= 0.3 is 0 Å². The minimum Gasteiger partial charge on any atom is -0.391 e. The first kappa shape index (κ1) is 53.2. The summed E-state index contributed by atoms with van der Waals surface area (Å²) in [6, 6.07) is 9.88. The van der Waals surface area contributed by atoms with Gasteiger partial charge in [-0.2, -0.15) is 4.98 Å². The summed E-state index contributed by atoms with van der Waals surface area (Å²) in [6.07, 6.45) is 6.43. The standard InChI is InChI=1S/C54H69N13O7S/c1-33-41-28-57-53(61-49(41)67(38-9-7-8-10-38)51(73)46(33)35(3)68)59-43-16-15-39(27-55-43)64-21-23-65(24-22-64)45(71)31-63-19-17-62(18-20-63)30-44(70)60-48(54(4,5)6)52(74)66-29-40(69)25-42(66)50(72)56-26-36-11-13-37(14-12-36)47-34(2)58-32-75-47/h11-16,27-28,32,38,40,42,48,69H,7-10,17-26,29-31H2,1-6H3,(H,56,72)(H,60,70)(H,55,57,59,61)/t40-,42+,48-/m1/s1. The number of nitrogens with zero attached hydrogens (tertiary/aromatic N) is 10. The third kappa shape index (κ3) is 12.1. The summed E-state index contributed by atoms with van der Waals surface area (Å²) in [4.78, 5) is 110. The zero-order valence-corrected chi connectivity index (χ0v) is 44.6. The van der Waals surface area contributed by atoms with Crippen LogP contribution in [0, 0.1) is 19.3 Å². The Hall–Kier alpha value is -6.68. The maximum absolute atomic E-state index is 14.2. The summed E-state index contributed by atoms with van der Waals surface area (Å²) in [5, 5.41) is 20.5. The minimum absolute atomic E-state index is 0.00684. The van der Waals surface area contributed by atoms with Gasteiger partial charge in [0.2, 0.25) is 29.6 Å². The number of amides is 4. The Morgan fingerprint density at radius 2 is 1.55 bits per heavy atom. The van der Waals surface area contributed by atoms with E-state index in [1.165, 1.54) is 11.8 Å². The van der Waals surface area contributed by atoms with Crippen molar-refractivity contribution in [3.63, 3.8) is 0 Å². The van der Waals surface area contributed by atoms with E-state index < -0.39 is 29.5 Å². The quantitative estimate of drug-likeness (QED) is 0.108. The molecule has 9 rings (SSSR count). The summed E-state index contributed by atoms with van der Waals surface area (Å²) >= 11 is 1.57. The summed E-state index contributed by atoms with van der Waals surface area (Å²) in [6.45, 7) is 16.2. The number of likely N-dealkylation sites (tertiary alicyclic amines) is 1. The van der Waals surface area contributed by atoms with E-state index in [2.05, 4.69) is 40.7 Å². The van der Waals surface area contributed by atoms with Crippen molar-refractivity contribution in [3.8, 4) is 10.4 Å². The molecule has 0 spiro atoms. The lowest BCUT2D eigenvalue weighted by atomic mass is 9.85. The summed E-state index contributed by atoms with van der Waals surface area (Å²) < 4.78 is 1.69. The zero-order chi connectivity index (χ0) is 53.1.